The lowest BCUT2D eigenvalue weighted by Crippen LogP contribution is -2.30. The summed E-state index contributed by atoms with van der Waals surface area (Å²) in [5.41, 5.74) is 0. The lowest BCUT2D eigenvalue weighted by atomic mass is 10.0. The smallest absolute Gasteiger partial charge is 0.462 e. The molecule has 0 aromatic heterocycles. The maximum absolute atomic E-state index is 12.4. The van der Waals surface area contributed by atoms with E-state index in [2.05, 4.69) is 48.8 Å². The van der Waals surface area contributed by atoms with E-state index >= 15 is 0 Å². The minimum absolute atomic E-state index is 0.104. The summed E-state index contributed by atoms with van der Waals surface area (Å²) in [4.78, 5) is 42.8. The summed E-state index contributed by atoms with van der Waals surface area (Å²) in [6.07, 6.45) is 35.8. The van der Waals surface area contributed by atoms with Gasteiger partial charge in [-0.15, -0.1) is 0 Å². The number of carbonyl (C=O) groups excluding carboxylic acids is 2. The molecule has 3 atom stereocenters. The second-order valence-electron chi connectivity index (χ2n) is 13.5. The van der Waals surface area contributed by atoms with Gasteiger partial charge in [0.05, 0.1) is 18.8 Å². The normalized spacial score (nSPS) is 14.2. The number of aliphatic hydroxyl groups excluding tert-OH is 2. The molecule has 0 rings (SSSR count). The van der Waals surface area contributed by atoms with Crippen molar-refractivity contribution < 1.29 is 48.2 Å². The van der Waals surface area contributed by atoms with Crippen molar-refractivity contribution in [2.45, 2.75) is 186 Å². The number of esters is 2. The van der Waals surface area contributed by atoms with Crippen LogP contribution in [-0.4, -0.2) is 63.5 Å². The SMILES string of the molecule is CC/C=C\C/C=C\C/C=C\C/C=C\C[C@@H](O)[C@H](O)CCCC(=O)O[C@H](COC(=O)CCCCCCCCCCCCCCCCC)COP(=O)(O)O. The average molecular weight is 757 g/mol. The lowest BCUT2D eigenvalue weighted by molar-refractivity contribution is -0.161. The fourth-order valence-electron chi connectivity index (χ4n) is 5.46. The third-order valence-corrected chi connectivity index (χ3v) is 9.05. The molecule has 0 aromatic carbocycles. The van der Waals surface area contributed by atoms with Gasteiger partial charge in [-0.3, -0.25) is 14.1 Å². The van der Waals surface area contributed by atoms with Crippen LogP contribution in [0.25, 0.3) is 0 Å². The van der Waals surface area contributed by atoms with E-state index in [1.807, 2.05) is 18.2 Å². The molecule has 0 unspecified atom stereocenters. The van der Waals surface area contributed by atoms with Crippen molar-refractivity contribution >= 4 is 19.8 Å². The largest absolute Gasteiger partial charge is 0.469 e. The quantitative estimate of drug-likeness (QED) is 0.0210. The molecule has 0 aliphatic heterocycles. The molecule has 4 N–H and O–H groups in total. The van der Waals surface area contributed by atoms with E-state index in [1.54, 1.807) is 0 Å². The lowest BCUT2D eigenvalue weighted by Gasteiger charge is -2.19. The second kappa shape index (κ2) is 35.9. The Balaban J connectivity index is 4.19. The number of phosphoric ester groups is 1. The molecular weight excluding hydrogens is 683 g/mol. The summed E-state index contributed by atoms with van der Waals surface area (Å²) in [6, 6.07) is 0. The van der Waals surface area contributed by atoms with Gasteiger partial charge in [0.1, 0.15) is 6.61 Å². The highest BCUT2D eigenvalue weighted by Crippen LogP contribution is 2.36. The van der Waals surface area contributed by atoms with E-state index in [0.29, 0.717) is 6.42 Å². The zero-order valence-corrected chi connectivity index (χ0v) is 33.3. The first-order valence-corrected chi connectivity index (χ1v) is 21.6. The minimum atomic E-state index is -4.83. The Morgan fingerprint density at radius 3 is 1.54 bits per heavy atom. The summed E-state index contributed by atoms with van der Waals surface area (Å²) in [5, 5.41) is 20.5. The van der Waals surface area contributed by atoms with E-state index in [9.17, 15) is 24.4 Å². The third kappa shape index (κ3) is 36.3. The number of carbonyl (C=O) groups is 2. The van der Waals surface area contributed by atoms with Crippen molar-refractivity contribution in [3.05, 3.63) is 48.6 Å². The molecule has 0 saturated carbocycles. The van der Waals surface area contributed by atoms with Gasteiger partial charge in [0.15, 0.2) is 6.10 Å². The van der Waals surface area contributed by atoms with Crippen LogP contribution in [-0.2, 0) is 28.2 Å². The average Bonchev–Trinajstić information content (AvgIpc) is 3.11. The van der Waals surface area contributed by atoms with Crippen molar-refractivity contribution in [1.82, 2.24) is 0 Å². The monoisotopic (exact) mass is 756 g/mol. The highest BCUT2D eigenvalue weighted by atomic mass is 31.2. The van der Waals surface area contributed by atoms with Gasteiger partial charge in [-0.2, -0.15) is 0 Å². The van der Waals surface area contributed by atoms with Gasteiger partial charge in [-0.25, -0.2) is 4.57 Å². The zero-order chi connectivity index (χ0) is 38.5. The highest BCUT2D eigenvalue weighted by Gasteiger charge is 2.23. The predicted molar refractivity (Wildman–Crippen MR) is 210 cm³/mol. The van der Waals surface area contributed by atoms with E-state index < -0.39 is 44.7 Å². The Hall–Kier alpha value is -2.07. The molecule has 0 bridgehead atoms. The molecule has 302 valence electrons. The third-order valence-electron chi connectivity index (χ3n) is 8.56. The number of rotatable bonds is 36. The van der Waals surface area contributed by atoms with E-state index in [0.717, 1.165) is 44.9 Å². The first kappa shape index (κ1) is 49.9. The maximum atomic E-state index is 12.4. The summed E-state index contributed by atoms with van der Waals surface area (Å²) >= 11 is 0. The molecule has 0 heterocycles. The molecule has 0 saturated heterocycles. The maximum Gasteiger partial charge on any atom is 0.469 e. The number of phosphoric acid groups is 1. The van der Waals surface area contributed by atoms with Gasteiger partial charge in [0.2, 0.25) is 0 Å². The number of ether oxygens (including phenoxy) is 2. The van der Waals surface area contributed by atoms with Crippen molar-refractivity contribution in [3.8, 4) is 0 Å². The van der Waals surface area contributed by atoms with E-state index in [4.69, 9.17) is 19.3 Å². The van der Waals surface area contributed by atoms with Crippen LogP contribution in [0.5, 0.6) is 0 Å². The second-order valence-corrected chi connectivity index (χ2v) is 14.8. The number of allylic oxidation sites excluding steroid dienone is 7. The Morgan fingerprint density at radius 2 is 1.04 bits per heavy atom. The van der Waals surface area contributed by atoms with Crippen LogP contribution in [0.4, 0.5) is 0 Å². The summed E-state index contributed by atoms with van der Waals surface area (Å²) in [6.45, 7) is 3.32. The molecule has 11 heteroatoms. The molecule has 0 amide bonds. The fraction of sp³-hybridized carbons (Fsp3) is 0.756. The van der Waals surface area contributed by atoms with Gasteiger partial charge < -0.3 is 29.5 Å². The van der Waals surface area contributed by atoms with Crippen LogP contribution >= 0.6 is 7.82 Å². The number of unbranched alkanes of at least 4 members (excludes halogenated alkanes) is 14. The van der Waals surface area contributed by atoms with Crippen LogP contribution < -0.4 is 0 Å². The molecule has 0 aromatic rings. The van der Waals surface area contributed by atoms with Gasteiger partial charge >= 0.3 is 19.8 Å². The van der Waals surface area contributed by atoms with Crippen molar-refractivity contribution in [2.75, 3.05) is 13.2 Å². The predicted octanol–water partition coefficient (Wildman–Crippen LogP) is 9.90. The van der Waals surface area contributed by atoms with Crippen LogP contribution in [0, 0.1) is 0 Å². The van der Waals surface area contributed by atoms with Crippen molar-refractivity contribution in [2.24, 2.45) is 0 Å². The number of hydrogen-bond acceptors (Lipinski definition) is 8. The molecule has 0 aliphatic carbocycles. The molecule has 0 aliphatic rings. The summed E-state index contributed by atoms with van der Waals surface area (Å²) in [7, 11) is -4.83. The summed E-state index contributed by atoms with van der Waals surface area (Å²) < 4.78 is 26.2. The van der Waals surface area contributed by atoms with Crippen LogP contribution in [0.2, 0.25) is 0 Å². The van der Waals surface area contributed by atoms with E-state index in [1.165, 1.54) is 70.6 Å². The van der Waals surface area contributed by atoms with Crippen LogP contribution in [0.3, 0.4) is 0 Å². The molecule has 52 heavy (non-hydrogen) atoms. The minimum Gasteiger partial charge on any atom is -0.462 e. The van der Waals surface area contributed by atoms with Gasteiger partial charge in [0.25, 0.3) is 0 Å². The zero-order valence-electron chi connectivity index (χ0n) is 32.4. The van der Waals surface area contributed by atoms with Crippen LogP contribution in [0.1, 0.15) is 168 Å². The first-order valence-electron chi connectivity index (χ1n) is 20.1. The van der Waals surface area contributed by atoms with Crippen LogP contribution in [0.15, 0.2) is 48.6 Å². The topological polar surface area (TPSA) is 160 Å². The van der Waals surface area contributed by atoms with Crippen molar-refractivity contribution in [1.29, 1.82) is 0 Å². The summed E-state index contributed by atoms with van der Waals surface area (Å²) in [5.74, 6) is -1.17. The Morgan fingerprint density at radius 1 is 0.577 bits per heavy atom. The first-order chi connectivity index (χ1) is 25.1. The molecule has 0 radical (unpaired) electrons. The Bertz CT molecular complexity index is 1020. The van der Waals surface area contributed by atoms with Crippen molar-refractivity contribution in [3.63, 3.8) is 0 Å². The molecular formula is C41H73O10P. The number of hydrogen-bond donors (Lipinski definition) is 4. The molecule has 0 fully saturated rings. The van der Waals surface area contributed by atoms with Gasteiger partial charge in [-0.05, 0) is 51.4 Å². The fourth-order valence-corrected chi connectivity index (χ4v) is 5.82. The van der Waals surface area contributed by atoms with Gasteiger partial charge in [0, 0.05) is 12.8 Å². The van der Waals surface area contributed by atoms with E-state index in [-0.39, 0.29) is 38.7 Å². The molecule has 0 spiro atoms. The highest BCUT2D eigenvalue weighted by molar-refractivity contribution is 7.46. The Labute approximate surface area is 315 Å². The molecule has 10 nitrogen and oxygen atoms in total. The van der Waals surface area contributed by atoms with Gasteiger partial charge in [-0.1, -0.05) is 152 Å². The standard InChI is InChI=1S/C41H73O10P/c1-3-5-7-9-11-13-15-17-18-19-21-23-25-27-29-33-40(44)49-35-37(36-50-52(46,47)48)51-41(45)34-30-32-39(43)38(42)31-28-26-24-22-20-16-14-12-10-8-6-4-2/h6,8,12,14,20,22,26,28,37-39,42-43H,3-5,7,9-11,13,15-19,21,23-25,27,29-36H2,1-2H3,(H2,46,47,48)/b8-6-,14-12-,22-20-,28-26-/t37-,38-,39-/m1/s1. The Kier molecular flexibility index (Phi) is 34.5. The number of aliphatic hydroxyl groups is 2.